The van der Waals surface area contributed by atoms with E-state index >= 15 is 0 Å². The van der Waals surface area contributed by atoms with Gasteiger partial charge in [0.05, 0.1) is 18.1 Å². The van der Waals surface area contributed by atoms with Gasteiger partial charge in [0.25, 0.3) is 11.6 Å². The Labute approximate surface area is 145 Å². The maximum absolute atomic E-state index is 12.4. The first-order valence-corrected chi connectivity index (χ1v) is 7.92. The van der Waals surface area contributed by atoms with Crippen LogP contribution in [0, 0.1) is 17.0 Å². The molecule has 0 unspecified atom stereocenters. The van der Waals surface area contributed by atoms with Crippen molar-refractivity contribution in [3.63, 3.8) is 0 Å². The van der Waals surface area contributed by atoms with Crippen molar-refractivity contribution in [1.82, 2.24) is 0 Å². The fourth-order valence-electron chi connectivity index (χ4n) is 2.33. The van der Waals surface area contributed by atoms with Crippen molar-refractivity contribution in [2.45, 2.75) is 20.8 Å². The highest BCUT2D eigenvalue weighted by Gasteiger charge is 2.15. The molecule has 25 heavy (non-hydrogen) atoms. The van der Waals surface area contributed by atoms with Gasteiger partial charge in [-0.2, -0.15) is 0 Å². The van der Waals surface area contributed by atoms with Crippen LogP contribution >= 0.6 is 0 Å². The maximum Gasteiger partial charge on any atom is 0.272 e. The Hall–Kier alpha value is -3.09. The van der Waals surface area contributed by atoms with Crippen LogP contribution in [-0.4, -0.2) is 24.0 Å². The predicted molar refractivity (Wildman–Crippen MR) is 94.6 cm³/mol. The number of anilines is 1. The smallest absolute Gasteiger partial charge is 0.272 e. The highest BCUT2D eigenvalue weighted by molar-refractivity contribution is 6.04. The van der Waals surface area contributed by atoms with Crippen LogP contribution in [0.4, 0.5) is 11.4 Å². The fraction of sp³-hybridized carbons (Fsp3) is 0.278. The first-order valence-electron chi connectivity index (χ1n) is 7.92. The Morgan fingerprint density at radius 2 is 1.76 bits per heavy atom. The minimum atomic E-state index is -0.474. The lowest BCUT2D eigenvalue weighted by atomic mass is 10.1. The number of amides is 1. The Kier molecular flexibility index (Phi) is 5.94. The molecule has 0 fully saturated rings. The third-order valence-corrected chi connectivity index (χ3v) is 3.46. The van der Waals surface area contributed by atoms with E-state index in [2.05, 4.69) is 5.32 Å². The molecular weight excluding hydrogens is 324 g/mol. The zero-order valence-corrected chi connectivity index (χ0v) is 14.4. The molecule has 0 aliphatic heterocycles. The number of nitrogens with zero attached hydrogens (tertiary/aromatic N) is 1. The summed E-state index contributed by atoms with van der Waals surface area (Å²) in [5.41, 5.74) is 1.30. The van der Waals surface area contributed by atoms with Crippen LogP contribution in [0.5, 0.6) is 11.5 Å². The lowest BCUT2D eigenvalue weighted by Crippen LogP contribution is -2.12. The second-order valence-electron chi connectivity index (χ2n) is 5.24. The van der Waals surface area contributed by atoms with Gasteiger partial charge in [0.15, 0.2) is 11.5 Å². The second-order valence-corrected chi connectivity index (χ2v) is 5.24. The summed E-state index contributed by atoms with van der Waals surface area (Å²) in [7, 11) is 0. The van der Waals surface area contributed by atoms with Crippen molar-refractivity contribution in [2.24, 2.45) is 0 Å². The SMILES string of the molecule is CCOc1ccc(NC(=O)c2ccc([N+](=O)[O-])c(C)c2)cc1OCC. The average Bonchev–Trinajstić information content (AvgIpc) is 2.57. The van der Waals surface area contributed by atoms with Crippen molar-refractivity contribution < 1.29 is 19.2 Å². The number of nitro groups is 1. The third-order valence-electron chi connectivity index (χ3n) is 3.46. The van der Waals surface area contributed by atoms with E-state index in [1.54, 1.807) is 25.1 Å². The third kappa shape index (κ3) is 4.47. The molecule has 2 aromatic carbocycles. The molecule has 0 radical (unpaired) electrons. The second kappa shape index (κ2) is 8.14. The summed E-state index contributed by atoms with van der Waals surface area (Å²) >= 11 is 0. The molecule has 0 saturated heterocycles. The topological polar surface area (TPSA) is 90.7 Å². The van der Waals surface area contributed by atoms with E-state index in [1.165, 1.54) is 18.2 Å². The van der Waals surface area contributed by atoms with Gasteiger partial charge < -0.3 is 14.8 Å². The molecule has 2 rings (SSSR count). The highest BCUT2D eigenvalue weighted by Crippen LogP contribution is 2.31. The van der Waals surface area contributed by atoms with Crippen LogP contribution in [-0.2, 0) is 0 Å². The van der Waals surface area contributed by atoms with E-state index in [-0.39, 0.29) is 11.6 Å². The first kappa shape index (κ1) is 18.3. The Morgan fingerprint density at radius 1 is 1.08 bits per heavy atom. The van der Waals surface area contributed by atoms with Gasteiger partial charge in [-0.05, 0) is 45.0 Å². The van der Waals surface area contributed by atoms with Crippen molar-refractivity contribution in [1.29, 1.82) is 0 Å². The van der Waals surface area contributed by atoms with Crippen LogP contribution in [0.15, 0.2) is 36.4 Å². The van der Waals surface area contributed by atoms with E-state index in [1.807, 2.05) is 13.8 Å². The molecule has 0 spiro atoms. The average molecular weight is 344 g/mol. The molecule has 0 saturated carbocycles. The van der Waals surface area contributed by atoms with Crippen LogP contribution in [0.25, 0.3) is 0 Å². The van der Waals surface area contributed by atoms with Gasteiger partial charge in [0.2, 0.25) is 0 Å². The lowest BCUT2D eigenvalue weighted by molar-refractivity contribution is -0.385. The van der Waals surface area contributed by atoms with Gasteiger partial charge >= 0.3 is 0 Å². The van der Waals surface area contributed by atoms with Crippen LogP contribution in [0.2, 0.25) is 0 Å². The molecular formula is C18H20N2O5. The molecule has 0 bridgehead atoms. The number of aryl methyl sites for hydroxylation is 1. The van der Waals surface area contributed by atoms with Crippen molar-refractivity contribution in [2.75, 3.05) is 18.5 Å². The molecule has 0 aliphatic rings. The fourth-order valence-corrected chi connectivity index (χ4v) is 2.33. The summed E-state index contributed by atoms with van der Waals surface area (Å²) in [6, 6.07) is 9.37. The number of ether oxygens (including phenoxy) is 2. The molecule has 0 heterocycles. The van der Waals surface area contributed by atoms with E-state index in [0.717, 1.165) is 0 Å². The summed E-state index contributed by atoms with van der Waals surface area (Å²) in [6.07, 6.45) is 0. The summed E-state index contributed by atoms with van der Waals surface area (Å²) < 4.78 is 11.0. The lowest BCUT2D eigenvalue weighted by Gasteiger charge is -2.13. The number of nitrogens with one attached hydrogen (secondary N) is 1. The van der Waals surface area contributed by atoms with Gasteiger partial charge in [0.1, 0.15) is 0 Å². The largest absolute Gasteiger partial charge is 0.490 e. The Bertz CT molecular complexity index is 789. The first-order chi connectivity index (χ1) is 12.0. The molecule has 2 aromatic rings. The summed E-state index contributed by atoms with van der Waals surface area (Å²) in [5.74, 6) is 0.792. The van der Waals surface area contributed by atoms with Crippen LogP contribution in [0.3, 0.4) is 0 Å². The monoisotopic (exact) mass is 344 g/mol. The molecule has 0 atom stereocenters. The maximum atomic E-state index is 12.4. The number of nitro benzene ring substituents is 1. The quantitative estimate of drug-likeness (QED) is 0.606. The van der Waals surface area contributed by atoms with Crippen molar-refractivity contribution in [3.8, 4) is 11.5 Å². The number of carbonyl (C=O) groups excluding carboxylic acids is 1. The normalized spacial score (nSPS) is 10.2. The number of carbonyl (C=O) groups is 1. The summed E-state index contributed by atoms with van der Waals surface area (Å²) in [4.78, 5) is 22.8. The standard InChI is InChI=1S/C18H20N2O5/c1-4-24-16-9-7-14(11-17(16)25-5-2)19-18(21)13-6-8-15(20(22)23)12(3)10-13/h6-11H,4-5H2,1-3H3,(H,19,21). The van der Waals surface area contributed by atoms with Gasteiger partial charge in [-0.3, -0.25) is 14.9 Å². The minimum absolute atomic E-state index is 0.0174. The van der Waals surface area contributed by atoms with Crippen molar-refractivity contribution in [3.05, 3.63) is 57.6 Å². The van der Waals surface area contributed by atoms with Crippen LogP contribution < -0.4 is 14.8 Å². The van der Waals surface area contributed by atoms with E-state index in [4.69, 9.17) is 9.47 Å². The van der Waals surface area contributed by atoms with Crippen molar-refractivity contribution >= 4 is 17.3 Å². The van der Waals surface area contributed by atoms with Crippen LogP contribution in [0.1, 0.15) is 29.8 Å². The van der Waals surface area contributed by atoms with Gasteiger partial charge in [-0.1, -0.05) is 0 Å². The van der Waals surface area contributed by atoms with E-state index in [0.29, 0.717) is 41.5 Å². The number of hydrogen-bond acceptors (Lipinski definition) is 5. The zero-order chi connectivity index (χ0) is 18.4. The van der Waals surface area contributed by atoms with Gasteiger partial charge in [0, 0.05) is 28.9 Å². The molecule has 7 heteroatoms. The molecule has 0 aliphatic carbocycles. The molecule has 132 valence electrons. The van der Waals surface area contributed by atoms with E-state index < -0.39 is 4.92 Å². The van der Waals surface area contributed by atoms with Gasteiger partial charge in [-0.15, -0.1) is 0 Å². The summed E-state index contributed by atoms with van der Waals surface area (Å²) in [6.45, 7) is 6.31. The van der Waals surface area contributed by atoms with Gasteiger partial charge in [-0.25, -0.2) is 0 Å². The number of hydrogen-bond donors (Lipinski definition) is 1. The molecule has 0 aromatic heterocycles. The number of rotatable bonds is 7. The molecule has 7 nitrogen and oxygen atoms in total. The summed E-state index contributed by atoms with van der Waals surface area (Å²) in [5, 5.41) is 13.6. The van der Waals surface area contributed by atoms with E-state index in [9.17, 15) is 14.9 Å². The highest BCUT2D eigenvalue weighted by atomic mass is 16.6. The molecule has 1 N–H and O–H groups in total. The minimum Gasteiger partial charge on any atom is -0.490 e. The zero-order valence-electron chi connectivity index (χ0n) is 14.4. The predicted octanol–water partition coefficient (Wildman–Crippen LogP) is 3.95. The Morgan fingerprint density at radius 3 is 2.36 bits per heavy atom. The Balaban J connectivity index is 2.21. The molecule has 1 amide bonds. The number of benzene rings is 2.